The van der Waals surface area contributed by atoms with Crippen LogP contribution in [0.15, 0.2) is 18.2 Å². The van der Waals surface area contributed by atoms with Crippen LogP contribution in [0.3, 0.4) is 0 Å². The van der Waals surface area contributed by atoms with Crippen LogP contribution in [0, 0.1) is 13.8 Å². The molecule has 2 rings (SSSR count). The lowest BCUT2D eigenvalue weighted by atomic mass is 9.90. The topological polar surface area (TPSA) is 15.3 Å². The fourth-order valence-electron chi connectivity index (χ4n) is 2.94. The highest BCUT2D eigenvalue weighted by Gasteiger charge is 2.30. The molecule has 94 valence electrons. The molecule has 1 saturated heterocycles. The maximum atomic E-state index is 3.48. The van der Waals surface area contributed by atoms with E-state index in [1.165, 1.54) is 36.2 Å². The van der Waals surface area contributed by atoms with Crippen LogP contribution in [-0.4, -0.2) is 25.7 Å². The average Bonchev–Trinajstić information content (AvgIpc) is 2.29. The summed E-state index contributed by atoms with van der Waals surface area (Å²) in [5.41, 5.74) is 4.48. The summed E-state index contributed by atoms with van der Waals surface area (Å²) in [5, 5.41) is 3.48. The van der Waals surface area contributed by atoms with Gasteiger partial charge in [0.1, 0.15) is 0 Å². The number of para-hydroxylation sites is 1. The van der Waals surface area contributed by atoms with Gasteiger partial charge in [-0.05, 0) is 51.8 Å². The zero-order valence-electron chi connectivity index (χ0n) is 11.5. The van der Waals surface area contributed by atoms with E-state index in [0.717, 1.165) is 6.54 Å². The molecule has 0 bridgehead atoms. The van der Waals surface area contributed by atoms with Crippen LogP contribution in [0.25, 0.3) is 0 Å². The third-order valence-corrected chi connectivity index (χ3v) is 4.06. The monoisotopic (exact) mass is 232 g/mol. The van der Waals surface area contributed by atoms with E-state index in [1.807, 2.05) is 0 Å². The van der Waals surface area contributed by atoms with Crippen LogP contribution in [0.2, 0.25) is 0 Å². The van der Waals surface area contributed by atoms with Crippen LogP contribution >= 0.6 is 0 Å². The number of hydrogen-bond acceptors (Lipinski definition) is 2. The maximum Gasteiger partial charge on any atom is 0.0426 e. The van der Waals surface area contributed by atoms with Crippen LogP contribution in [-0.2, 0) is 0 Å². The quantitative estimate of drug-likeness (QED) is 0.843. The van der Waals surface area contributed by atoms with E-state index >= 15 is 0 Å². The average molecular weight is 232 g/mol. The predicted molar refractivity (Wildman–Crippen MR) is 74.8 cm³/mol. The molecule has 17 heavy (non-hydrogen) atoms. The minimum atomic E-state index is 0.257. The fraction of sp³-hybridized carbons (Fsp3) is 0.600. The second-order valence-corrected chi connectivity index (χ2v) is 5.58. The number of nitrogens with one attached hydrogen (secondary N) is 1. The highest BCUT2D eigenvalue weighted by molar-refractivity contribution is 5.59. The standard InChI is InChI=1S/C15H24N2/c1-12-7-5-8-13(2)14(12)17-10-6-9-15(3,11-17)16-4/h5,7-8,16H,6,9-11H2,1-4H3. The van der Waals surface area contributed by atoms with Gasteiger partial charge in [-0.2, -0.15) is 0 Å². The Morgan fingerprint density at radius 3 is 2.47 bits per heavy atom. The van der Waals surface area contributed by atoms with Crippen LogP contribution < -0.4 is 10.2 Å². The molecule has 1 aromatic rings. The molecule has 1 atom stereocenters. The van der Waals surface area contributed by atoms with Gasteiger partial charge in [-0.15, -0.1) is 0 Å². The van der Waals surface area contributed by atoms with E-state index in [1.54, 1.807) is 0 Å². The number of likely N-dealkylation sites (N-methyl/N-ethyl adjacent to an activating group) is 1. The molecule has 2 nitrogen and oxygen atoms in total. The second-order valence-electron chi connectivity index (χ2n) is 5.58. The third kappa shape index (κ3) is 2.47. The Labute approximate surface area is 105 Å². The van der Waals surface area contributed by atoms with Crippen molar-refractivity contribution in [2.45, 2.75) is 39.2 Å². The lowest BCUT2D eigenvalue weighted by Crippen LogP contribution is -2.54. The van der Waals surface area contributed by atoms with Gasteiger partial charge in [0, 0.05) is 24.3 Å². The Morgan fingerprint density at radius 1 is 1.24 bits per heavy atom. The van der Waals surface area contributed by atoms with Crippen LogP contribution in [0.4, 0.5) is 5.69 Å². The highest BCUT2D eigenvalue weighted by atomic mass is 15.2. The van der Waals surface area contributed by atoms with E-state index in [-0.39, 0.29) is 5.54 Å². The van der Waals surface area contributed by atoms with Crippen molar-refractivity contribution < 1.29 is 0 Å². The van der Waals surface area contributed by atoms with Crippen LogP contribution in [0.1, 0.15) is 30.9 Å². The molecule has 1 heterocycles. The van der Waals surface area contributed by atoms with Gasteiger partial charge in [0.2, 0.25) is 0 Å². The smallest absolute Gasteiger partial charge is 0.0426 e. The summed E-state index contributed by atoms with van der Waals surface area (Å²) >= 11 is 0. The Bertz CT molecular complexity index is 380. The van der Waals surface area contributed by atoms with Crippen molar-refractivity contribution in [1.82, 2.24) is 5.32 Å². The first-order valence-corrected chi connectivity index (χ1v) is 6.56. The van der Waals surface area contributed by atoms with Crippen molar-refractivity contribution in [2.75, 3.05) is 25.0 Å². The zero-order valence-corrected chi connectivity index (χ0v) is 11.5. The van der Waals surface area contributed by atoms with Crippen molar-refractivity contribution in [3.8, 4) is 0 Å². The molecular weight excluding hydrogens is 208 g/mol. The molecule has 0 amide bonds. The van der Waals surface area contributed by atoms with Gasteiger partial charge in [-0.3, -0.25) is 0 Å². The zero-order chi connectivity index (χ0) is 12.5. The van der Waals surface area contributed by atoms with Gasteiger partial charge >= 0.3 is 0 Å². The number of anilines is 1. The Morgan fingerprint density at radius 2 is 1.88 bits per heavy atom. The van der Waals surface area contributed by atoms with Crippen LogP contribution in [0.5, 0.6) is 0 Å². The normalized spacial score (nSPS) is 25.1. The molecule has 1 fully saturated rings. The van der Waals surface area contributed by atoms with Gasteiger partial charge in [-0.25, -0.2) is 0 Å². The summed E-state index contributed by atoms with van der Waals surface area (Å²) in [5.74, 6) is 0. The number of piperidine rings is 1. The van der Waals surface area contributed by atoms with E-state index in [4.69, 9.17) is 0 Å². The molecule has 0 radical (unpaired) electrons. The Kier molecular flexibility index (Phi) is 3.43. The number of aryl methyl sites for hydroxylation is 2. The summed E-state index contributed by atoms with van der Waals surface area (Å²) in [6.45, 7) is 9.05. The number of nitrogens with zero attached hydrogens (tertiary/aromatic N) is 1. The molecular formula is C15H24N2. The first kappa shape index (κ1) is 12.4. The van der Waals surface area contributed by atoms with Crippen molar-refractivity contribution >= 4 is 5.69 Å². The van der Waals surface area contributed by atoms with Crippen molar-refractivity contribution in [3.05, 3.63) is 29.3 Å². The Hall–Kier alpha value is -1.02. The number of benzene rings is 1. The minimum absolute atomic E-state index is 0.257. The van der Waals surface area contributed by atoms with E-state index in [2.05, 4.69) is 56.2 Å². The summed E-state index contributed by atoms with van der Waals surface area (Å²) in [7, 11) is 2.08. The molecule has 2 heteroatoms. The number of hydrogen-bond donors (Lipinski definition) is 1. The molecule has 1 N–H and O–H groups in total. The molecule has 0 aromatic heterocycles. The molecule has 0 aliphatic carbocycles. The summed E-state index contributed by atoms with van der Waals surface area (Å²) in [6.07, 6.45) is 2.54. The molecule has 1 aromatic carbocycles. The van der Waals surface area contributed by atoms with E-state index < -0.39 is 0 Å². The van der Waals surface area contributed by atoms with Crippen molar-refractivity contribution in [1.29, 1.82) is 0 Å². The largest absolute Gasteiger partial charge is 0.369 e. The van der Waals surface area contributed by atoms with Crippen molar-refractivity contribution in [2.24, 2.45) is 0 Å². The fourth-order valence-corrected chi connectivity index (χ4v) is 2.94. The summed E-state index contributed by atoms with van der Waals surface area (Å²) in [4.78, 5) is 2.55. The van der Waals surface area contributed by atoms with Gasteiger partial charge in [0.25, 0.3) is 0 Å². The SMILES string of the molecule is CNC1(C)CCCN(c2c(C)cccc2C)C1. The molecule has 0 saturated carbocycles. The maximum absolute atomic E-state index is 3.48. The lowest BCUT2D eigenvalue weighted by Gasteiger charge is -2.42. The highest BCUT2D eigenvalue weighted by Crippen LogP contribution is 2.30. The van der Waals surface area contributed by atoms with Crippen molar-refractivity contribution in [3.63, 3.8) is 0 Å². The third-order valence-electron chi connectivity index (χ3n) is 4.06. The molecule has 1 aliphatic heterocycles. The summed E-state index contributed by atoms with van der Waals surface area (Å²) in [6, 6.07) is 6.58. The number of rotatable bonds is 2. The Balaban J connectivity index is 2.28. The lowest BCUT2D eigenvalue weighted by molar-refractivity contribution is 0.316. The predicted octanol–water partition coefficient (Wildman–Crippen LogP) is 2.88. The summed E-state index contributed by atoms with van der Waals surface area (Å²) < 4.78 is 0. The van der Waals surface area contributed by atoms with Gasteiger partial charge in [0.15, 0.2) is 0 Å². The molecule has 0 spiro atoms. The van der Waals surface area contributed by atoms with E-state index in [0.29, 0.717) is 0 Å². The van der Waals surface area contributed by atoms with Gasteiger partial charge in [0.05, 0.1) is 0 Å². The van der Waals surface area contributed by atoms with E-state index in [9.17, 15) is 0 Å². The molecule has 1 aliphatic rings. The van der Waals surface area contributed by atoms with Gasteiger partial charge in [-0.1, -0.05) is 18.2 Å². The van der Waals surface area contributed by atoms with Gasteiger partial charge < -0.3 is 10.2 Å². The first-order chi connectivity index (χ1) is 8.06. The molecule has 1 unspecified atom stereocenters. The second kappa shape index (κ2) is 4.69. The first-order valence-electron chi connectivity index (χ1n) is 6.56. The minimum Gasteiger partial charge on any atom is -0.369 e.